The number of aromatic nitrogens is 1. The summed E-state index contributed by atoms with van der Waals surface area (Å²) in [6.07, 6.45) is 1.91. The molecule has 0 atom stereocenters. The van der Waals surface area contributed by atoms with Gasteiger partial charge in [0.05, 0.1) is 0 Å². The first-order chi connectivity index (χ1) is 8.09. The fraction of sp³-hybridized carbons (Fsp3) is 0. The third-order valence-electron chi connectivity index (χ3n) is 0.569. The minimum atomic E-state index is 0.0833. The molecule has 0 amide bonds. The Morgan fingerprint density at radius 3 is 1.33 bits per heavy atom. The molecule has 0 aliphatic carbocycles. The first-order valence-electron chi connectivity index (χ1n) is 3.79. The van der Waals surface area contributed by atoms with Crippen LogP contribution in [0.15, 0.2) is 18.3 Å². The Morgan fingerprint density at radius 1 is 1.00 bits per heavy atom. The summed E-state index contributed by atoms with van der Waals surface area (Å²) in [7, 11) is 0. The Bertz CT molecular complexity index is 301. The van der Waals surface area contributed by atoms with Crippen molar-refractivity contribution in [1.82, 2.24) is 4.98 Å². The van der Waals surface area contributed by atoms with E-state index in [1.165, 1.54) is 4.08 Å². The molecule has 11 heteroatoms. The van der Waals surface area contributed by atoms with Crippen molar-refractivity contribution in [2.75, 3.05) is 0 Å². The van der Waals surface area contributed by atoms with Crippen molar-refractivity contribution in [3.63, 3.8) is 0 Å². The predicted molar refractivity (Wildman–Crippen MR) is 92.9 cm³/mol. The van der Waals surface area contributed by atoms with Gasteiger partial charge in [-0.1, -0.05) is 13.0 Å². The van der Waals surface area contributed by atoms with Gasteiger partial charge >= 0.3 is 47.2 Å². The van der Waals surface area contributed by atoms with Crippen LogP contribution < -0.4 is 21.3 Å². The topological polar surface area (TPSA) is 93.8 Å². The molecule has 0 aliphatic heterocycles. The Labute approximate surface area is 150 Å². The van der Waals surface area contributed by atoms with Gasteiger partial charge in [0.25, 0.3) is 0 Å². The van der Waals surface area contributed by atoms with Crippen LogP contribution in [0.5, 0.6) is 0 Å². The molecule has 0 unspecified atom stereocenters. The Hall–Kier alpha value is 0.298. The SMILES string of the molecule is NC(=S)[S-].NC(=S)[S-].NC(=S)[S-].[Mo+3][c]1ccc[nH]1. The normalized spacial score (nSPS) is 6.83. The molecule has 100 valence electrons. The van der Waals surface area contributed by atoms with E-state index in [1.54, 1.807) is 0 Å². The van der Waals surface area contributed by atoms with Crippen molar-refractivity contribution in [3.05, 3.63) is 18.3 Å². The van der Waals surface area contributed by atoms with Gasteiger partial charge in [-0.15, -0.1) is 0 Å². The van der Waals surface area contributed by atoms with Gasteiger partial charge in [0.1, 0.15) is 0 Å². The van der Waals surface area contributed by atoms with Gasteiger partial charge in [-0.3, -0.25) is 0 Å². The number of aromatic amines is 1. The summed E-state index contributed by atoms with van der Waals surface area (Å²) in [4.78, 5) is 3.00. The predicted octanol–water partition coefficient (Wildman–Crippen LogP) is -0.482. The van der Waals surface area contributed by atoms with E-state index >= 15 is 0 Å². The van der Waals surface area contributed by atoms with Crippen molar-refractivity contribution in [2.24, 2.45) is 17.2 Å². The quantitative estimate of drug-likeness (QED) is 0.243. The summed E-state index contributed by atoms with van der Waals surface area (Å²) in [6, 6.07) is 4.02. The van der Waals surface area contributed by atoms with E-state index in [0.29, 0.717) is 0 Å². The maximum absolute atomic E-state index is 4.66. The van der Waals surface area contributed by atoms with Crippen molar-refractivity contribution in [2.45, 2.75) is 0 Å². The Morgan fingerprint density at radius 2 is 1.28 bits per heavy atom. The molecule has 7 N–H and O–H groups in total. The van der Waals surface area contributed by atoms with Crippen LogP contribution in [0.25, 0.3) is 0 Å². The molecule has 0 fully saturated rings. The molecule has 1 rings (SSSR count). The first-order valence-corrected chi connectivity index (χ1v) is 7.24. The van der Waals surface area contributed by atoms with Gasteiger partial charge in [-0.25, -0.2) is 0 Å². The van der Waals surface area contributed by atoms with E-state index in [2.05, 4.69) is 96.7 Å². The van der Waals surface area contributed by atoms with Gasteiger partial charge in [-0.2, -0.15) is 0 Å². The van der Waals surface area contributed by atoms with Crippen molar-refractivity contribution in [3.8, 4) is 0 Å². The third kappa shape index (κ3) is 71.6. The summed E-state index contributed by atoms with van der Waals surface area (Å²) >= 11 is 26.7. The summed E-state index contributed by atoms with van der Waals surface area (Å²) in [5.74, 6) is 0. The molecule has 0 spiro atoms. The number of H-pyrrole nitrogens is 1. The van der Waals surface area contributed by atoms with E-state index in [4.69, 9.17) is 0 Å². The van der Waals surface area contributed by atoms with Gasteiger partial charge in [-0.05, 0) is 0 Å². The van der Waals surface area contributed by atoms with Crippen LogP contribution in [-0.4, -0.2) is 17.9 Å². The molecular formula is C7H10MoN4S6. The molecule has 0 radical (unpaired) electrons. The van der Waals surface area contributed by atoms with Crippen LogP contribution >= 0.6 is 36.7 Å². The molecule has 0 aromatic carbocycles. The molecule has 0 saturated heterocycles. The summed E-state index contributed by atoms with van der Waals surface area (Å²) in [6.45, 7) is 0. The van der Waals surface area contributed by atoms with Crippen molar-refractivity contribution in [1.29, 1.82) is 0 Å². The number of thiocarbonyl (C=S) groups is 3. The molecule has 0 bridgehead atoms. The maximum atomic E-state index is 4.66. The monoisotopic (exact) mass is 440 g/mol. The number of hydrogen-bond acceptors (Lipinski definition) is 6. The van der Waals surface area contributed by atoms with Gasteiger partial charge < -0.3 is 91.7 Å². The van der Waals surface area contributed by atoms with Crippen LogP contribution in [0, 0.1) is 0 Å². The molecule has 4 nitrogen and oxygen atoms in total. The molecule has 0 saturated carbocycles. The van der Waals surface area contributed by atoms with Crippen LogP contribution in [0.3, 0.4) is 0 Å². The van der Waals surface area contributed by atoms with Crippen LogP contribution in [0.4, 0.5) is 0 Å². The number of hydrogen-bond donors (Lipinski definition) is 4. The van der Waals surface area contributed by atoms with Crippen LogP contribution in [0.1, 0.15) is 0 Å². The van der Waals surface area contributed by atoms with Crippen molar-refractivity contribution < 1.29 is 19.8 Å². The summed E-state index contributed by atoms with van der Waals surface area (Å²) in [5.41, 5.74) is 14.0. The molecule has 0 aliphatic rings. The van der Waals surface area contributed by atoms with E-state index in [0.717, 1.165) is 0 Å². The zero-order valence-electron chi connectivity index (χ0n) is 8.82. The van der Waals surface area contributed by atoms with Gasteiger partial charge in [0.15, 0.2) is 0 Å². The third-order valence-corrected chi connectivity index (χ3v) is 1.19. The second kappa shape index (κ2) is 17.3. The molecular weight excluding hydrogens is 428 g/mol. The second-order valence-corrected chi connectivity index (χ2v) is 6.49. The molecule has 1 aromatic heterocycles. The average molecular weight is 439 g/mol. The van der Waals surface area contributed by atoms with E-state index in [9.17, 15) is 0 Å². The van der Waals surface area contributed by atoms with E-state index < -0.39 is 0 Å². The van der Waals surface area contributed by atoms with Gasteiger partial charge in [0.2, 0.25) is 0 Å². The van der Waals surface area contributed by atoms with Gasteiger partial charge in [0, 0.05) is 0 Å². The fourth-order valence-electron chi connectivity index (χ4n) is 0.314. The number of nitrogens with one attached hydrogen (secondary N) is 1. The number of nitrogens with two attached hydrogens (primary N) is 3. The fourth-order valence-corrected chi connectivity index (χ4v) is 0.674. The van der Waals surface area contributed by atoms with E-state index in [1.807, 2.05) is 38.1 Å². The zero-order chi connectivity index (χ0) is 15.1. The summed E-state index contributed by atoms with van der Waals surface area (Å²) < 4.78 is 1.48. The zero-order valence-corrected chi connectivity index (χ0v) is 15.7. The first kappa shape index (κ1) is 23.4. The van der Waals surface area contributed by atoms with Crippen LogP contribution in [0.2, 0.25) is 0 Å². The Kier molecular flexibility index (Phi) is 22.5. The second-order valence-electron chi connectivity index (χ2n) is 1.99. The minimum absolute atomic E-state index is 0.0833. The molecule has 18 heavy (non-hydrogen) atoms. The summed E-state index contributed by atoms with van der Waals surface area (Å²) in [5, 5.41) is 0. The number of rotatable bonds is 0. The standard InChI is InChI=1S/C4H4N.3CH3NS2.Mo/c1-2-4-5-3-1;3*2-1(3)4;/h1-3,5H;3*(H3,2,3,4);/q;;;;+3/p-3. The van der Waals surface area contributed by atoms with Crippen LogP contribution in [-0.2, 0) is 57.7 Å². The molecule has 1 aromatic rings. The van der Waals surface area contributed by atoms with E-state index in [-0.39, 0.29) is 13.0 Å². The average Bonchev–Trinajstić information content (AvgIpc) is 2.51. The Balaban J connectivity index is -0.000000171. The van der Waals surface area contributed by atoms with Crippen molar-refractivity contribution >= 4 is 91.6 Å². The molecule has 1 heterocycles.